The zero-order valence-corrected chi connectivity index (χ0v) is 8.26. The molecule has 1 aliphatic heterocycles. The Bertz CT molecular complexity index is 217. The molecule has 12 heavy (non-hydrogen) atoms. The summed E-state index contributed by atoms with van der Waals surface area (Å²) in [4.78, 5) is 0. The first-order chi connectivity index (χ1) is 5.55. The summed E-state index contributed by atoms with van der Waals surface area (Å²) in [6, 6.07) is 0. The van der Waals surface area contributed by atoms with E-state index < -0.39 is 0 Å². The van der Waals surface area contributed by atoms with Gasteiger partial charge in [-0.15, -0.1) is 0 Å². The third-order valence-electron chi connectivity index (χ3n) is 3.55. The van der Waals surface area contributed by atoms with Crippen LogP contribution < -0.4 is 0 Å². The SMILES string of the molecule is CC1(C)CC=CC2(C)OCCC12. The molecule has 0 saturated carbocycles. The third-order valence-corrected chi connectivity index (χ3v) is 3.55. The van der Waals surface area contributed by atoms with Crippen molar-refractivity contribution in [3.05, 3.63) is 12.2 Å². The maximum atomic E-state index is 5.79. The highest BCUT2D eigenvalue weighted by atomic mass is 16.5. The standard InChI is InChI=1S/C11H18O/c1-10(2)6-4-7-11(3)9(10)5-8-12-11/h4,7,9H,5-6,8H2,1-3H3. The molecule has 2 rings (SSSR count). The number of allylic oxidation sites excluding steroid dienone is 1. The van der Waals surface area contributed by atoms with Crippen LogP contribution in [0, 0.1) is 11.3 Å². The van der Waals surface area contributed by atoms with Crippen LogP contribution in [0.2, 0.25) is 0 Å². The van der Waals surface area contributed by atoms with Crippen molar-refractivity contribution >= 4 is 0 Å². The lowest BCUT2D eigenvalue weighted by atomic mass is 9.65. The van der Waals surface area contributed by atoms with Crippen molar-refractivity contribution in [2.24, 2.45) is 11.3 Å². The molecule has 0 aromatic carbocycles. The summed E-state index contributed by atoms with van der Waals surface area (Å²) in [7, 11) is 0. The van der Waals surface area contributed by atoms with Gasteiger partial charge in [-0.05, 0) is 31.1 Å². The normalized spacial score (nSPS) is 44.4. The van der Waals surface area contributed by atoms with Crippen LogP contribution in [0.25, 0.3) is 0 Å². The molecule has 1 saturated heterocycles. The molecule has 1 heteroatoms. The first-order valence-corrected chi connectivity index (χ1v) is 4.86. The lowest BCUT2D eigenvalue weighted by molar-refractivity contribution is -0.00502. The van der Waals surface area contributed by atoms with E-state index in [0.29, 0.717) is 5.41 Å². The van der Waals surface area contributed by atoms with Gasteiger partial charge in [0, 0.05) is 6.61 Å². The van der Waals surface area contributed by atoms with Gasteiger partial charge in [-0.1, -0.05) is 26.0 Å². The molecule has 2 atom stereocenters. The van der Waals surface area contributed by atoms with Crippen LogP contribution in [0.5, 0.6) is 0 Å². The lowest BCUT2D eigenvalue weighted by Crippen LogP contribution is -2.41. The second-order valence-corrected chi connectivity index (χ2v) is 4.97. The molecule has 2 unspecified atom stereocenters. The summed E-state index contributed by atoms with van der Waals surface area (Å²) in [5.41, 5.74) is 0.474. The number of ether oxygens (including phenoxy) is 1. The molecule has 0 bridgehead atoms. The Labute approximate surface area is 74.8 Å². The third kappa shape index (κ3) is 1.03. The average Bonchev–Trinajstić information content (AvgIpc) is 2.31. The molecule has 0 N–H and O–H groups in total. The quantitative estimate of drug-likeness (QED) is 0.503. The van der Waals surface area contributed by atoms with Crippen molar-refractivity contribution in [3.8, 4) is 0 Å². The van der Waals surface area contributed by atoms with E-state index in [1.165, 1.54) is 12.8 Å². The van der Waals surface area contributed by atoms with E-state index in [9.17, 15) is 0 Å². The summed E-state index contributed by atoms with van der Waals surface area (Å²) in [5, 5.41) is 0. The van der Waals surface area contributed by atoms with Crippen LogP contribution in [-0.2, 0) is 4.74 Å². The lowest BCUT2D eigenvalue weighted by Gasteiger charge is -2.42. The number of rotatable bonds is 0. The zero-order valence-electron chi connectivity index (χ0n) is 8.26. The molecule has 0 radical (unpaired) electrons. The van der Waals surface area contributed by atoms with Gasteiger partial charge in [-0.2, -0.15) is 0 Å². The molecule has 1 aliphatic carbocycles. The molecule has 0 aromatic heterocycles. The van der Waals surface area contributed by atoms with Crippen LogP contribution >= 0.6 is 0 Å². The Morgan fingerprint density at radius 3 is 2.75 bits per heavy atom. The van der Waals surface area contributed by atoms with Gasteiger partial charge in [0.1, 0.15) is 0 Å². The van der Waals surface area contributed by atoms with E-state index in [-0.39, 0.29) is 5.60 Å². The van der Waals surface area contributed by atoms with E-state index in [1.807, 2.05) is 0 Å². The van der Waals surface area contributed by atoms with E-state index in [2.05, 4.69) is 32.9 Å². The molecule has 1 fully saturated rings. The van der Waals surface area contributed by atoms with Gasteiger partial charge >= 0.3 is 0 Å². The van der Waals surface area contributed by atoms with Gasteiger partial charge in [0.15, 0.2) is 0 Å². The van der Waals surface area contributed by atoms with Crippen LogP contribution in [0.3, 0.4) is 0 Å². The van der Waals surface area contributed by atoms with Crippen molar-refractivity contribution in [3.63, 3.8) is 0 Å². The monoisotopic (exact) mass is 166 g/mol. The summed E-state index contributed by atoms with van der Waals surface area (Å²) in [6.07, 6.45) is 6.97. The Hall–Kier alpha value is -0.300. The molecule has 0 spiro atoms. The van der Waals surface area contributed by atoms with Crippen LogP contribution in [0.15, 0.2) is 12.2 Å². The van der Waals surface area contributed by atoms with Crippen molar-refractivity contribution in [1.82, 2.24) is 0 Å². The van der Waals surface area contributed by atoms with Crippen LogP contribution in [0.4, 0.5) is 0 Å². The fourth-order valence-electron chi connectivity index (χ4n) is 2.85. The van der Waals surface area contributed by atoms with Gasteiger partial charge in [-0.25, -0.2) is 0 Å². The minimum Gasteiger partial charge on any atom is -0.371 e. The molecular formula is C11H18O. The Balaban J connectivity index is 2.34. The predicted octanol–water partition coefficient (Wildman–Crippen LogP) is 2.77. The van der Waals surface area contributed by atoms with Crippen molar-refractivity contribution in [1.29, 1.82) is 0 Å². The first-order valence-electron chi connectivity index (χ1n) is 4.86. The second kappa shape index (κ2) is 2.35. The highest BCUT2D eigenvalue weighted by Gasteiger charge is 2.47. The fourth-order valence-corrected chi connectivity index (χ4v) is 2.85. The van der Waals surface area contributed by atoms with Gasteiger partial charge in [0.2, 0.25) is 0 Å². The van der Waals surface area contributed by atoms with Gasteiger partial charge in [0.05, 0.1) is 5.60 Å². The Morgan fingerprint density at radius 2 is 2.08 bits per heavy atom. The molecule has 1 nitrogen and oxygen atoms in total. The molecular weight excluding hydrogens is 148 g/mol. The molecule has 68 valence electrons. The number of hydrogen-bond donors (Lipinski definition) is 0. The largest absolute Gasteiger partial charge is 0.371 e. The summed E-state index contributed by atoms with van der Waals surface area (Å²) >= 11 is 0. The first kappa shape index (κ1) is 8.31. The summed E-state index contributed by atoms with van der Waals surface area (Å²) in [5.74, 6) is 0.718. The van der Waals surface area contributed by atoms with Crippen molar-refractivity contribution < 1.29 is 4.74 Å². The summed E-state index contributed by atoms with van der Waals surface area (Å²) in [6.45, 7) is 7.87. The maximum Gasteiger partial charge on any atom is 0.0868 e. The zero-order chi connectivity index (χ0) is 8.82. The number of fused-ring (bicyclic) bond motifs is 1. The molecule has 1 heterocycles. The Kier molecular flexibility index (Phi) is 1.63. The molecule has 2 aliphatic rings. The molecule has 0 aromatic rings. The maximum absolute atomic E-state index is 5.79. The van der Waals surface area contributed by atoms with E-state index in [0.717, 1.165) is 12.5 Å². The van der Waals surface area contributed by atoms with E-state index in [4.69, 9.17) is 4.74 Å². The van der Waals surface area contributed by atoms with E-state index >= 15 is 0 Å². The van der Waals surface area contributed by atoms with Crippen molar-refractivity contribution in [2.75, 3.05) is 6.61 Å². The number of hydrogen-bond acceptors (Lipinski definition) is 1. The molecule has 0 amide bonds. The van der Waals surface area contributed by atoms with E-state index in [1.54, 1.807) is 0 Å². The predicted molar refractivity (Wildman–Crippen MR) is 50.0 cm³/mol. The smallest absolute Gasteiger partial charge is 0.0868 e. The van der Waals surface area contributed by atoms with Crippen LogP contribution in [-0.4, -0.2) is 12.2 Å². The van der Waals surface area contributed by atoms with Crippen LogP contribution in [0.1, 0.15) is 33.6 Å². The minimum absolute atomic E-state index is 0.0434. The average molecular weight is 166 g/mol. The van der Waals surface area contributed by atoms with Gasteiger partial charge < -0.3 is 4.74 Å². The van der Waals surface area contributed by atoms with Gasteiger partial charge in [0.25, 0.3) is 0 Å². The second-order valence-electron chi connectivity index (χ2n) is 4.97. The summed E-state index contributed by atoms with van der Waals surface area (Å²) < 4.78 is 5.79. The fraction of sp³-hybridized carbons (Fsp3) is 0.818. The van der Waals surface area contributed by atoms with Crippen molar-refractivity contribution in [2.45, 2.75) is 39.2 Å². The van der Waals surface area contributed by atoms with Gasteiger partial charge in [-0.3, -0.25) is 0 Å². The Morgan fingerprint density at radius 1 is 1.33 bits per heavy atom. The highest BCUT2D eigenvalue weighted by Crippen LogP contribution is 2.49. The minimum atomic E-state index is 0.0434. The topological polar surface area (TPSA) is 9.23 Å². The highest BCUT2D eigenvalue weighted by molar-refractivity contribution is 5.14.